The number of nitrogens with one attached hydrogen (secondary N) is 1. The van der Waals surface area contributed by atoms with Crippen LogP contribution in [0.25, 0.3) is 0 Å². The summed E-state index contributed by atoms with van der Waals surface area (Å²) in [6.45, 7) is 1.98. The second kappa shape index (κ2) is 3.59. The number of rotatable bonds is 2. The normalized spacial score (nSPS) is 9.83. The number of hydrogen-bond acceptors (Lipinski definition) is 1. The van der Waals surface area contributed by atoms with Crippen molar-refractivity contribution >= 4 is 17.4 Å². The zero-order chi connectivity index (χ0) is 9.14. The van der Waals surface area contributed by atoms with Gasteiger partial charge in [0, 0.05) is 11.4 Å². The van der Waals surface area contributed by atoms with E-state index in [0.717, 1.165) is 11.1 Å². The molecular weight excluding hydrogens is 172 g/mol. The molecule has 3 heteroatoms. The van der Waals surface area contributed by atoms with Crippen molar-refractivity contribution in [3.05, 3.63) is 34.3 Å². The van der Waals surface area contributed by atoms with Crippen molar-refractivity contribution in [3.8, 4) is 0 Å². The van der Waals surface area contributed by atoms with Gasteiger partial charge in [-0.2, -0.15) is 0 Å². The summed E-state index contributed by atoms with van der Waals surface area (Å²) < 4.78 is 0. The molecule has 12 heavy (non-hydrogen) atoms. The fourth-order valence-corrected chi connectivity index (χ4v) is 1.30. The van der Waals surface area contributed by atoms with Crippen LogP contribution in [-0.2, 0) is 6.42 Å². The smallest absolute Gasteiger partial charge is 0.0950 e. The molecule has 0 saturated carbocycles. The highest BCUT2D eigenvalue weighted by Gasteiger charge is 2.00. The van der Waals surface area contributed by atoms with Gasteiger partial charge < -0.3 is 5.73 Å². The Hall–Kier alpha value is -1.02. The summed E-state index contributed by atoms with van der Waals surface area (Å²) >= 11 is 5.92. The van der Waals surface area contributed by atoms with E-state index >= 15 is 0 Å². The average molecular weight is 183 g/mol. The van der Waals surface area contributed by atoms with Gasteiger partial charge in [-0.05, 0) is 24.1 Å². The van der Waals surface area contributed by atoms with Crippen LogP contribution < -0.4 is 5.73 Å². The summed E-state index contributed by atoms with van der Waals surface area (Å²) in [6, 6.07) is 5.74. The Balaban J connectivity index is 2.93. The summed E-state index contributed by atoms with van der Waals surface area (Å²) in [5.74, 6) is 0.140. The van der Waals surface area contributed by atoms with Crippen LogP contribution >= 0.6 is 11.6 Å². The van der Waals surface area contributed by atoms with Crippen LogP contribution in [0.3, 0.4) is 0 Å². The molecule has 0 spiro atoms. The third kappa shape index (κ3) is 2.24. The molecule has 1 aromatic carbocycles. The molecule has 0 aliphatic carbocycles. The molecule has 0 heterocycles. The van der Waals surface area contributed by atoms with Gasteiger partial charge in [0.25, 0.3) is 0 Å². The number of amidine groups is 1. The van der Waals surface area contributed by atoms with E-state index in [1.807, 2.05) is 25.1 Å². The van der Waals surface area contributed by atoms with Gasteiger partial charge in [-0.1, -0.05) is 23.7 Å². The van der Waals surface area contributed by atoms with Crippen molar-refractivity contribution in [2.24, 2.45) is 5.73 Å². The van der Waals surface area contributed by atoms with E-state index in [1.165, 1.54) is 0 Å². The standard InChI is InChI=1S/C9H11ClN2/c1-6-2-3-7(5-9(11)12)8(10)4-6/h2-4H,5H2,1H3,(H3,11,12). The van der Waals surface area contributed by atoms with Crippen LogP contribution in [0, 0.1) is 12.3 Å². The molecule has 0 aliphatic heterocycles. The molecule has 1 aromatic rings. The first-order valence-corrected chi connectivity index (χ1v) is 4.05. The topological polar surface area (TPSA) is 49.9 Å². The van der Waals surface area contributed by atoms with Crippen molar-refractivity contribution in [1.29, 1.82) is 5.41 Å². The molecule has 0 fully saturated rings. The van der Waals surface area contributed by atoms with E-state index < -0.39 is 0 Å². The maximum atomic E-state index is 7.10. The molecule has 0 radical (unpaired) electrons. The van der Waals surface area contributed by atoms with Gasteiger partial charge >= 0.3 is 0 Å². The van der Waals surface area contributed by atoms with E-state index in [1.54, 1.807) is 0 Å². The molecule has 2 nitrogen and oxygen atoms in total. The van der Waals surface area contributed by atoms with Gasteiger partial charge in [0.1, 0.15) is 0 Å². The molecule has 0 amide bonds. The van der Waals surface area contributed by atoms with Gasteiger partial charge in [-0.3, -0.25) is 5.41 Å². The Labute approximate surface area is 76.9 Å². The first-order valence-electron chi connectivity index (χ1n) is 3.67. The predicted octanol–water partition coefficient (Wildman–Crippen LogP) is 2.13. The highest BCUT2D eigenvalue weighted by atomic mass is 35.5. The summed E-state index contributed by atoms with van der Waals surface area (Å²) in [7, 11) is 0. The van der Waals surface area contributed by atoms with Crippen molar-refractivity contribution < 1.29 is 0 Å². The lowest BCUT2D eigenvalue weighted by atomic mass is 10.1. The highest BCUT2D eigenvalue weighted by Crippen LogP contribution is 2.17. The number of benzene rings is 1. The van der Waals surface area contributed by atoms with Gasteiger partial charge in [-0.25, -0.2) is 0 Å². The van der Waals surface area contributed by atoms with E-state index in [4.69, 9.17) is 22.7 Å². The molecular formula is C9H11ClN2. The molecule has 1 rings (SSSR count). The van der Waals surface area contributed by atoms with Gasteiger partial charge in [-0.15, -0.1) is 0 Å². The van der Waals surface area contributed by atoms with Crippen LogP contribution in [0.4, 0.5) is 0 Å². The largest absolute Gasteiger partial charge is 0.387 e. The molecule has 0 aromatic heterocycles. The van der Waals surface area contributed by atoms with Crippen molar-refractivity contribution in [1.82, 2.24) is 0 Å². The fourth-order valence-electron chi connectivity index (χ4n) is 1.00. The second-order valence-corrected chi connectivity index (χ2v) is 3.20. The maximum Gasteiger partial charge on any atom is 0.0950 e. The lowest BCUT2D eigenvalue weighted by Crippen LogP contribution is -2.12. The Bertz CT molecular complexity index is 307. The SMILES string of the molecule is Cc1ccc(CC(=N)N)c(Cl)c1. The molecule has 3 N–H and O–H groups in total. The monoisotopic (exact) mass is 182 g/mol. The number of hydrogen-bond donors (Lipinski definition) is 2. The molecule has 0 saturated heterocycles. The highest BCUT2D eigenvalue weighted by molar-refractivity contribution is 6.31. The zero-order valence-electron chi connectivity index (χ0n) is 6.89. The van der Waals surface area contributed by atoms with Crippen molar-refractivity contribution in [3.63, 3.8) is 0 Å². The quantitative estimate of drug-likeness (QED) is 0.534. The molecule has 0 atom stereocenters. The Morgan fingerprint density at radius 2 is 2.25 bits per heavy atom. The van der Waals surface area contributed by atoms with Gasteiger partial charge in [0.05, 0.1) is 5.84 Å². The molecule has 64 valence electrons. The van der Waals surface area contributed by atoms with E-state index in [-0.39, 0.29) is 5.84 Å². The van der Waals surface area contributed by atoms with E-state index in [9.17, 15) is 0 Å². The van der Waals surface area contributed by atoms with Crippen LogP contribution in [-0.4, -0.2) is 5.84 Å². The predicted molar refractivity (Wildman–Crippen MR) is 51.8 cm³/mol. The van der Waals surface area contributed by atoms with Crippen LogP contribution in [0.1, 0.15) is 11.1 Å². The minimum atomic E-state index is 0.140. The lowest BCUT2D eigenvalue weighted by Gasteiger charge is -2.03. The Morgan fingerprint density at radius 1 is 1.58 bits per heavy atom. The number of aryl methyl sites for hydroxylation is 1. The molecule has 0 unspecified atom stereocenters. The number of halogens is 1. The van der Waals surface area contributed by atoms with Crippen LogP contribution in [0.2, 0.25) is 5.02 Å². The summed E-state index contributed by atoms with van der Waals surface area (Å²) in [4.78, 5) is 0. The van der Waals surface area contributed by atoms with Gasteiger partial charge in [0.15, 0.2) is 0 Å². The van der Waals surface area contributed by atoms with Crippen LogP contribution in [0.5, 0.6) is 0 Å². The maximum absolute atomic E-state index is 7.10. The van der Waals surface area contributed by atoms with Gasteiger partial charge in [0.2, 0.25) is 0 Å². The zero-order valence-corrected chi connectivity index (χ0v) is 7.65. The minimum Gasteiger partial charge on any atom is -0.387 e. The summed E-state index contributed by atoms with van der Waals surface area (Å²) in [6.07, 6.45) is 0.430. The Morgan fingerprint density at radius 3 is 2.75 bits per heavy atom. The number of nitrogens with two attached hydrogens (primary N) is 1. The van der Waals surface area contributed by atoms with Crippen LogP contribution in [0.15, 0.2) is 18.2 Å². The third-order valence-corrected chi connectivity index (χ3v) is 1.94. The summed E-state index contributed by atoms with van der Waals surface area (Å²) in [5.41, 5.74) is 7.29. The first kappa shape index (κ1) is 9.07. The Kier molecular flexibility index (Phi) is 2.71. The average Bonchev–Trinajstić information content (AvgIpc) is 1.94. The fraction of sp³-hybridized carbons (Fsp3) is 0.222. The molecule has 0 bridgehead atoms. The minimum absolute atomic E-state index is 0.140. The first-order chi connectivity index (χ1) is 5.59. The van der Waals surface area contributed by atoms with Crippen molar-refractivity contribution in [2.75, 3.05) is 0 Å². The van der Waals surface area contributed by atoms with Crippen molar-refractivity contribution in [2.45, 2.75) is 13.3 Å². The third-order valence-electron chi connectivity index (χ3n) is 1.59. The summed E-state index contributed by atoms with van der Waals surface area (Å²) in [5, 5.41) is 7.79. The van der Waals surface area contributed by atoms with E-state index in [0.29, 0.717) is 11.4 Å². The second-order valence-electron chi connectivity index (χ2n) is 2.80. The lowest BCUT2D eigenvalue weighted by molar-refractivity contribution is 1.24. The molecule has 0 aliphatic rings. The van der Waals surface area contributed by atoms with E-state index in [2.05, 4.69) is 0 Å².